The summed E-state index contributed by atoms with van der Waals surface area (Å²) < 4.78 is 27.8. The van der Waals surface area contributed by atoms with Crippen molar-refractivity contribution in [3.05, 3.63) is 58.4 Å². The van der Waals surface area contributed by atoms with Gasteiger partial charge in [-0.1, -0.05) is 6.07 Å². The molecule has 144 valence electrons. The molecule has 2 aromatic rings. The van der Waals surface area contributed by atoms with Gasteiger partial charge >= 0.3 is 0 Å². The average Bonchev–Trinajstić information content (AvgIpc) is 2.67. The number of piperidine rings is 1. The fourth-order valence-corrected chi connectivity index (χ4v) is 4.63. The Bertz CT molecular complexity index is 910. The summed E-state index contributed by atoms with van der Waals surface area (Å²) in [5, 5.41) is 10.9. The normalized spacial score (nSPS) is 15.7. The second-order valence-corrected chi connectivity index (χ2v) is 8.43. The highest BCUT2D eigenvalue weighted by Crippen LogP contribution is 2.24. The number of benzene rings is 1. The van der Waals surface area contributed by atoms with E-state index in [9.17, 15) is 18.5 Å². The molecule has 3 rings (SSSR count). The Kier molecular flexibility index (Phi) is 5.71. The predicted molar refractivity (Wildman–Crippen MR) is 102 cm³/mol. The number of nitrogens with zero attached hydrogens (tertiary/aromatic N) is 3. The number of hydrogen-bond acceptors (Lipinski definition) is 6. The monoisotopic (exact) mass is 390 g/mol. The van der Waals surface area contributed by atoms with Gasteiger partial charge in [-0.25, -0.2) is 13.1 Å². The van der Waals surface area contributed by atoms with E-state index < -0.39 is 14.9 Å². The molecule has 27 heavy (non-hydrogen) atoms. The van der Waals surface area contributed by atoms with E-state index in [0.29, 0.717) is 12.1 Å². The molecular formula is C18H22N4O4S. The smallest absolute Gasteiger partial charge is 0.270 e. The molecule has 1 aliphatic heterocycles. The van der Waals surface area contributed by atoms with Crippen LogP contribution in [0.1, 0.15) is 18.4 Å². The van der Waals surface area contributed by atoms with Crippen molar-refractivity contribution in [3.63, 3.8) is 0 Å². The number of non-ortho nitro benzene ring substituents is 1. The summed E-state index contributed by atoms with van der Waals surface area (Å²) in [5.74, 6) is 0.233. The molecular weight excluding hydrogens is 368 g/mol. The third-order valence-electron chi connectivity index (χ3n) is 4.88. The molecule has 0 aliphatic carbocycles. The molecule has 1 fully saturated rings. The molecule has 2 heterocycles. The van der Waals surface area contributed by atoms with E-state index in [1.54, 1.807) is 19.3 Å². The van der Waals surface area contributed by atoms with Crippen LogP contribution in [-0.4, -0.2) is 38.0 Å². The van der Waals surface area contributed by atoms with E-state index in [2.05, 4.69) is 14.6 Å². The van der Waals surface area contributed by atoms with E-state index in [1.165, 1.54) is 12.1 Å². The highest BCUT2D eigenvalue weighted by molar-refractivity contribution is 7.89. The number of nitrogens with one attached hydrogen (secondary N) is 1. The van der Waals surface area contributed by atoms with E-state index in [0.717, 1.165) is 37.7 Å². The number of pyridine rings is 1. The summed E-state index contributed by atoms with van der Waals surface area (Å²) in [6.45, 7) is 3.67. The van der Waals surface area contributed by atoms with Crippen LogP contribution < -0.4 is 9.62 Å². The average molecular weight is 390 g/mol. The third kappa shape index (κ3) is 4.61. The zero-order valence-corrected chi connectivity index (χ0v) is 15.9. The summed E-state index contributed by atoms with van der Waals surface area (Å²) >= 11 is 0. The second kappa shape index (κ2) is 8.01. The lowest BCUT2D eigenvalue weighted by molar-refractivity contribution is -0.385. The molecule has 1 aromatic heterocycles. The van der Waals surface area contributed by atoms with Gasteiger partial charge < -0.3 is 4.90 Å². The minimum atomic E-state index is -3.79. The van der Waals surface area contributed by atoms with E-state index in [1.807, 2.05) is 12.1 Å². The van der Waals surface area contributed by atoms with Crippen LogP contribution in [0.2, 0.25) is 0 Å². The molecule has 0 radical (unpaired) electrons. The van der Waals surface area contributed by atoms with Gasteiger partial charge in [-0.2, -0.15) is 0 Å². The Balaban J connectivity index is 1.60. The molecule has 0 unspecified atom stereocenters. The van der Waals surface area contributed by atoms with Gasteiger partial charge in [-0.15, -0.1) is 0 Å². The van der Waals surface area contributed by atoms with Gasteiger partial charge in [0.15, 0.2) is 0 Å². The van der Waals surface area contributed by atoms with Crippen LogP contribution >= 0.6 is 0 Å². The van der Waals surface area contributed by atoms with Gasteiger partial charge in [-0.3, -0.25) is 15.1 Å². The lowest BCUT2D eigenvalue weighted by Crippen LogP contribution is -2.38. The fourth-order valence-electron chi connectivity index (χ4n) is 3.25. The van der Waals surface area contributed by atoms with Gasteiger partial charge in [0.05, 0.1) is 9.82 Å². The first-order chi connectivity index (χ1) is 12.9. The standard InChI is InChI=1S/C18H22N4O4S/c1-14-2-3-17(22(23)24)12-18(14)27(25,26)20-13-15-6-10-21(11-7-15)16-4-8-19-9-5-16/h2-5,8-9,12,15,20H,6-7,10-11,13H2,1H3. The molecule has 8 nitrogen and oxygen atoms in total. The van der Waals surface area contributed by atoms with Gasteiger partial charge in [0, 0.05) is 49.8 Å². The predicted octanol–water partition coefficient (Wildman–Crippen LogP) is 2.49. The summed E-state index contributed by atoms with van der Waals surface area (Å²) in [6, 6.07) is 7.81. The molecule has 0 bridgehead atoms. The third-order valence-corrected chi connectivity index (χ3v) is 6.44. The number of aromatic nitrogens is 1. The van der Waals surface area contributed by atoms with Crippen LogP contribution in [0.3, 0.4) is 0 Å². The Hall–Kier alpha value is -2.52. The maximum Gasteiger partial charge on any atom is 0.270 e. The largest absolute Gasteiger partial charge is 0.371 e. The maximum absolute atomic E-state index is 12.6. The molecule has 1 aromatic carbocycles. The number of hydrogen-bond donors (Lipinski definition) is 1. The molecule has 0 atom stereocenters. The van der Waals surface area contributed by atoms with Crippen LogP contribution in [0.5, 0.6) is 0 Å². The van der Waals surface area contributed by atoms with Crippen molar-refractivity contribution in [2.24, 2.45) is 5.92 Å². The number of nitro benzene ring substituents is 1. The van der Waals surface area contributed by atoms with Crippen LogP contribution in [0.25, 0.3) is 0 Å². The van der Waals surface area contributed by atoms with Gasteiger partial charge in [-0.05, 0) is 43.4 Å². The highest BCUT2D eigenvalue weighted by Gasteiger charge is 2.24. The van der Waals surface area contributed by atoms with Crippen LogP contribution in [0, 0.1) is 23.0 Å². The Morgan fingerprint density at radius 2 is 1.89 bits per heavy atom. The van der Waals surface area contributed by atoms with Crippen LogP contribution in [-0.2, 0) is 10.0 Å². The molecule has 1 N–H and O–H groups in total. The van der Waals surface area contributed by atoms with Gasteiger partial charge in [0.1, 0.15) is 0 Å². The number of nitro groups is 1. The second-order valence-electron chi connectivity index (χ2n) is 6.69. The molecule has 1 aliphatic rings. The SMILES string of the molecule is Cc1ccc([N+](=O)[O-])cc1S(=O)(=O)NCC1CCN(c2ccncc2)CC1. The summed E-state index contributed by atoms with van der Waals surface area (Å²) in [7, 11) is -3.79. The van der Waals surface area contributed by atoms with Crippen molar-refractivity contribution >= 4 is 21.4 Å². The minimum Gasteiger partial charge on any atom is -0.371 e. The Labute approximate surface area is 158 Å². The molecule has 0 spiro atoms. The zero-order valence-electron chi connectivity index (χ0n) is 15.0. The van der Waals surface area contributed by atoms with Crippen molar-refractivity contribution in [1.82, 2.24) is 9.71 Å². The van der Waals surface area contributed by atoms with Crippen molar-refractivity contribution in [1.29, 1.82) is 0 Å². The summed E-state index contributed by atoms with van der Waals surface area (Å²) in [4.78, 5) is 16.6. The van der Waals surface area contributed by atoms with E-state index in [4.69, 9.17) is 0 Å². The number of anilines is 1. The van der Waals surface area contributed by atoms with Crippen molar-refractivity contribution in [2.75, 3.05) is 24.5 Å². The van der Waals surface area contributed by atoms with E-state index >= 15 is 0 Å². The molecule has 1 saturated heterocycles. The first-order valence-electron chi connectivity index (χ1n) is 8.76. The van der Waals surface area contributed by atoms with Gasteiger partial charge in [0.25, 0.3) is 5.69 Å². The van der Waals surface area contributed by atoms with E-state index in [-0.39, 0.29) is 16.5 Å². The Morgan fingerprint density at radius 3 is 2.52 bits per heavy atom. The van der Waals surface area contributed by atoms with Crippen molar-refractivity contribution in [3.8, 4) is 0 Å². The Morgan fingerprint density at radius 1 is 1.22 bits per heavy atom. The maximum atomic E-state index is 12.6. The van der Waals surface area contributed by atoms with Crippen LogP contribution in [0.4, 0.5) is 11.4 Å². The quantitative estimate of drug-likeness (QED) is 0.600. The zero-order chi connectivity index (χ0) is 19.4. The highest BCUT2D eigenvalue weighted by atomic mass is 32.2. The van der Waals surface area contributed by atoms with Crippen molar-refractivity contribution < 1.29 is 13.3 Å². The first kappa shape index (κ1) is 19.2. The fraction of sp³-hybridized carbons (Fsp3) is 0.389. The van der Waals surface area contributed by atoms with Crippen molar-refractivity contribution in [2.45, 2.75) is 24.7 Å². The number of sulfonamides is 1. The molecule has 9 heteroatoms. The summed E-state index contributed by atoms with van der Waals surface area (Å²) in [5.41, 5.74) is 1.38. The lowest BCUT2D eigenvalue weighted by atomic mass is 9.97. The lowest BCUT2D eigenvalue weighted by Gasteiger charge is -2.33. The van der Waals surface area contributed by atoms with Crippen LogP contribution in [0.15, 0.2) is 47.6 Å². The first-order valence-corrected chi connectivity index (χ1v) is 10.2. The molecule has 0 amide bonds. The summed E-state index contributed by atoms with van der Waals surface area (Å²) in [6.07, 6.45) is 5.27. The molecule has 0 saturated carbocycles. The topological polar surface area (TPSA) is 105 Å². The minimum absolute atomic E-state index is 0.0362. The van der Waals surface area contributed by atoms with Gasteiger partial charge in [0.2, 0.25) is 10.0 Å². The number of aryl methyl sites for hydroxylation is 1. The number of rotatable bonds is 6.